The van der Waals surface area contributed by atoms with Gasteiger partial charge in [0.1, 0.15) is 30.1 Å². The van der Waals surface area contributed by atoms with E-state index in [1.807, 2.05) is 41.8 Å². The number of hydrogen-bond donors (Lipinski definition) is 2. The Morgan fingerprint density at radius 1 is 1.35 bits per heavy atom. The standard InChI is InChI=1S/C17H19NO4S/c1-17(2)15(19)13(14-12(22-17)8-9-23-14)18-16(20)21-10-11-6-4-3-5-7-11/h3-9,13,15,19H,10H2,1-2H3,(H,18,20)/t13-,15+/m1/s1. The van der Waals surface area contributed by atoms with Crippen LogP contribution in [0.2, 0.25) is 0 Å². The van der Waals surface area contributed by atoms with E-state index in [9.17, 15) is 9.90 Å². The van der Waals surface area contributed by atoms with Crippen molar-refractivity contribution in [2.24, 2.45) is 0 Å². The number of carbonyl (C=O) groups is 1. The second kappa shape index (κ2) is 6.22. The third-order valence-corrected chi connectivity index (χ3v) is 4.81. The van der Waals surface area contributed by atoms with Crippen LogP contribution in [-0.4, -0.2) is 22.9 Å². The molecule has 0 saturated heterocycles. The van der Waals surface area contributed by atoms with Crippen molar-refractivity contribution in [1.82, 2.24) is 5.32 Å². The number of ether oxygens (including phenoxy) is 2. The Hall–Kier alpha value is -2.05. The van der Waals surface area contributed by atoms with Gasteiger partial charge in [0.05, 0.1) is 4.88 Å². The summed E-state index contributed by atoms with van der Waals surface area (Å²) in [6.45, 7) is 3.77. The molecule has 1 amide bonds. The molecular formula is C17H19NO4S. The molecule has 0 radical (unpaired) electrons. The van der Waals surface area contributed by atoms with Crippen LogP contribution < -0.4 is 10.1 Å². The topological polar surface area (TPSA) is 67.8 Å². The lowest BCUT2D eigenvalue weighted by Crippen LogP contribution is -2.53. The quantitative estimate of drug-likeness (QED) is 0.905. The third-order valence-electron chi connectivity index (χ3n) is 3.83. The summed E-state index contributed by atoms with van der Waals surface area (Å²) in [5.41, 5.74) is 0.123. The number of aliphatic hydroxyl groups is 1. The van der Waals surface area contributed by atoms with Gasteiger partial charge in [0.2, 0.25) is 0 Å². The van der Waals surface area contributed by atoms with E-state index in [4.69, 9.17) is 9.47 Å². The van der Waals surface area contributed by atoms with Crippen LogP contribution in [0.1, 0.15) is 30.3 Å². The SMILES string of the molecule is CC1(C)Oc2ccsc2[C@@H](NC(=O)OCc2ccccc2)[C@@H]1O. The molecule has 2 N–H and O–H groups in total. The molecule has 1 aromatic carbocycles. The van der Waals surface area contributed by atoms with Crippen LogP contribution in [0.15, 0.2) is 41.8 Å². The van der Waals surface area contributed by atoms with Gasteiger partial charge >= 0.3 is 6.09 Å². The number of amides is 1. The summed E-state index contributed by atoms with van der Waals surface area (Å²) in [5, 5.41) is 15.1. The van der Waals surface area contributed by atoms with Crippen LogP contribution in [0.5, 0.6) is 5.75 Å². The predicted octanol–water partition coefficient (Wildman–Crippen LogP) is 3.25. The predicted molar refractivity (Wildman–Crippen MR) is 87.5 cm³/mol. The molecule has 0 fully saturated rings. The lowest BCUT2D eigenvalue weighted by atomic mass is 9.91. The Labute approximate surface area is 138 Å². The van der Waals surface area contributed by atoms with Gasteiger partial charge in [-0.05, 0) is 30.9 Å². The maximum absolute atomic E-state index is 12.1. The first-order chi connectivity index (χ1) is 11.0. The van der Waals surface area contributed by atoms with Crippen molar-refractivity contribution in [2.45, 2.75) is 38.2 Å². The molecule has 0 saturated carbocycles. The number of hydrogen-bond acceptors (Lipinski definition) is 5. The molecule has 2 heterocycles. The normalized spacial score (nSPS) is 21.9. The number of aliphatic hydroxyl groups excluding tert-OH is 1. The highest BCUT2D eigenvalue weighted by Gasteiger charge is 2.44. The van der Waals surface area contributed by atoms with E-state index in [2.05, 4.69) is 5.32 Å². The molecule has 122 valence electrons. The van der Waals surface area contributed by atoms with Crippen molar-refractivity contribution in [3.05, 3.63) is 52.2 Å². The molecule has 2 atom stereocenters. The number of nitrogens with one attached hydrogen (secondary N) is 1. The number of fused-ring (bicyclic) bond motifs is 1. The van der Waals surface area contributed by atoms with E-state index in [-0.39, 0.29) is 6.61 Å². The van der Waals surface area contributed by atoms with Gasteiger partial charge in [-0.3, -0.25) is 0 Å². The van der Waals surface area contributed by atoms with Crippen LogP contribution in [0, 0.1) is 0 Å². The molecule has 0 bridgehead atoms. The molecule has 0 unspecified atom stereocenters. The average molecular weight is 333 g/mol. The minimum atomic E-state index is -0.863. The van der Waals surface area contributed by atoms with Gasteiger partial charge in [0.25, 0.3) is 0 Å². The van der Waals surface area contributed by atoms with Crippen LogP contribution in [-0.2, 0) is 11.3 Å². The summed E-state index contributed by atoms with van der Waals surface area (Å²) < 4.78 is 11.0. The van der Waals surface area contributed by atoms with Crippen LogP contribution in [0.25, 0.3) is 0 Å². The van der Waals surface area contributed by atoms with Crippen molar-refractivity contribution in [3.8, 4) is 5.75 Å². The van der Waals surface area contributed by atoms with Crippen molar-refractivity contribution >= 4 is 17.4 Å². The molecule has 1 aliphatic heterocycles. The number of thiophene rings is 1. The second-order valence-corrected chi connectivity index (χ2v) is 6.93. The monoisotopic (exact) mass is 333 g/mol. The molecule has 6 heteroatoms. The largest absolute Gasteiger partial charge is 0.484 e. The van der Waals surface area contributed by atoms with E-state index in [0.717, 1.165) is 10.4 Å². The van der Waals surface area contributed by atoms with E-state index in [1.165, 1.54) is 11.3 Å². The van der Waals surface area contributed by atoms with Gasteiger partial charge in [0, 0.05) is 0 Å². The van der Waals surface area contributed by atoms with Crippen molar-refractivity contribution in [1.29, 1.82) is 0 Å². The highest BCUT2D eigenvalue weighted by molar-refractivity contribution is 7.10. The Bertz CT molecular complexity index is 683. The Morgan fingerprint density at radius 3 is 2.83 bits per heavy atom. The molecule has 23 heavy (non-hydrogen) atoms. The second-order valence-electron chi connectivity index (χ2n) is 5.98. The lowest BCUT2D eigenvalue weighted by Gasteiger charge is -2.40. The zero-order valence-corrected chi connectivity index (χ0v) is 13.8. The van der Waals surface area contributed by atoms with Gasteiger partial charge in [-0.1, -0.05) is 30.3 Å². The molecular weight excluding hydrogens is 314 g/mol. The van der Waals surface area contributed by atoms with Crippen molar-refractivity contribution < 1.29 is 19.4 Å². The molecule has 0 spiro atoms. The van der Waals surface area contributed by atoms with Crippen molar-refractivity contribution in [2.75, 3.05) is 0 Å². The highest BCUT2D eigenvalue weighted by Crippen LogP contribution is 2.42. The maximum atomic E-state index is 12.1. The van der Waals surface area contributed by atoms with Gasteiger partial charge in [-0.2, -0.15) is 0 Å². The first-order valence-corrected chi connectivity index (χ1v) is 8.27. The fraction of sp³-hybridized carbons (Fsp3) is 0.353. The fourth-order valence-corrected chi connectivity index (χ4v) is 3.44. The van der Waals surface area contributed by atoms with E-state index < -0.39 is 23.8 Å². The van der Waals surface area contributed by atoms with E-state index >= 15 is 0 Å². The van der Waals surface area contributed by atoms with E-state index in [0.29, 0.717) is 5.75 Å². The minimum absolute atomic E-state index is 0.187. The summed E-state index contributed by atoms with van der Waals surface area (Å²) >= 11 is 1.44. The highest BCUT2D eigenvalue weighted by atomic mass is 32.1. The van der Waals surface area contributed by atoms with Gasteiger partial charge < -0.3 is 19.9 Å². The van der Waals surface area contributed by atoms with Crippen LogP contribution in [0.3, 0.4) is 0 Å². The number of alkyl carbamates (subject to hydrolysis) is 1. The lowest BCUT2D eigenvalue weighted by molar-refractivity contribution is -0.0622. The maximum Gasteiger partial charge on any atom is 0.408 e. The molecule has 1 aliphatic rings. The van der Waals surface area contributed by atoms with Gasteiger partial charge in [-0.25, -0.2) is 4.79 Å². The summed E-state index contributed by atoms with van der Waals surface area (Å²) in [6, 6.07) is 10.8. The number of rotatable bonds is 3. The smallest absolute Gasteiger partial charge is 0.408 e. The summed E-state index contributed by atoms with van der Waals surface area (Å²) in [4.78, 5) is 12.9. The Balaban J connectivity index is 1.68. The zero-order chi connectivity index (χ0) is 16.4. The Morgan fingerprint density at radius 2 is 2.09 bits per heavy atom. The summed E-state index contributed by atoms with van der Waals surface area (Å²) in [5.74, 6) is 0.693. The van der Waals surface area contributed by atoms with Crippen LogP contribution >= 0.6 is 11.3 Å². The first kappa shape index (κ1) is 15.8. The minimum Gasteiger partial charge on any atom is -0.484 e. The van der Waals surface area contributed by atoms with Gasteiger partial charge in [0.15, 0.2) is 0 Å². The fourth-order valence-electron chi connectivity index (χ4n) is 2.54. The van der Waals surface area contributed by atoms with Crippen LogP contribution in [0.4, 0.5) is 4.79 Å². The third kappa shape index (κ3) is 3.33. The van der Waals surface area contributed by atoms with Crippen molar-refractivity contribution in [3.63, 3.8) is 0 Å². The Kier molecular flexibility index (Phi) is 4.28. The first-order valence-electron chi connectivity index (χ1n) is 7.39. The van der Waals surface area contributed by atoms with Gasteiger partial charge in [-0.15, -0.1) is 11.3 Å². The molecule has 0 aliphatic carbocycles. The zero-order valence-electron chi connectivity index (χ0n) is 13.0. The van der Waals surface area contributed by atoms with E-state index in [1.54, 1.807) is 13.8 Å². The molecule has 3 rings (SSSR count). The number of carbonyl (C=O) groups excluding carboxylic acids is 1. The summed E-state index contributed by atoms with van der Waals surface area (Å²) in [7, 11) is 0. The summed E-state index contributed by atoms with van der Waals surface area (Å²) in [6.07, 6.45) is -1.42. The average Bonchev–Trinajstić information content (AvgIpc) is 2.98. The molecule has 2 aromatic rings. The molecule has 5 nitrogen and oxygen atoms in total. The number of benzene rings is 1. The molecule has 1 aromatic heterocycles.